The molecule has 0 atom stereocenters. The summed E-state index contributed by atoms with van der Waals surface area (Å²) in [5.41, 5.74) is 3.75. The molecule has 0 spiro atoms. The number of rotatable bonds is 1. The molecule has 2 heteroatoms. The normalized spacial score (nSPS) is 12.2. The van der Waals surface area contributed by atoms with E-state index in [-0.39, 0.29) is 0 Å². The molecule has 2 aromatic heterocycles. The van der Waals surface area contributed by atoms with Crippen molar-refractivity contribution in [1.82, 2.24) is 4.40 Å². The topological polar surface area (TPSA) is 13.6 Å². The predicted octanol–water partition coefficient (Wildman–Crippen LogP) is 6.00. The fourth-order valence-corrected chi connectivity index (χ4v) is 4.42. The number of aromatic nitrogens is 1. The first-order valence-corrected chi connectivity index (χ1v) is 8.51. The summed E-state index contributed by atoms with van der Waals surface area (Å²) in [5.74, 6) is 0.966. The molecule has 2 heterocycles. The highest BCUT2D eigenvalue weighted by atomic mass is 16.5. The largest absolute Gasteiger partial charge is 0.495 e. The van der Waals surface area contributed by atoms with Crippen molar-refractivity contribution in [1.29, 1.82) is 0 Å². The molecule has 0 aliphatic carbocycles. The van der Waals surface area contributed by atoms with Crippen molar-refractivity contribution < 1.29 is 4.74 Å². The molecule has 6 aromatic rings. The highest BCUT2D eigenvalue weighted by Crippen LogP contribution is 2.44. The summed E-state index contributed by atoms with van der Waals surface area (Å²) in [6.45, 7) is 0. The van der Waals surface area contributed by atoms with Gasteiger partial charge in [0.05, 0.1) is 29.0 Å². The van der Waals surface area contributed by atoms with Crippen LogP contribution in [0, 0.1) is 0 Å². The fourth-order valence-electron chi connectivity index (χ4n) is 4.42. The second-order valence-corrected chi connectivity index (χ2v) is 6.58. The molecule has 0 saturated carbocycles. The van der Waals surface area contributed by atoms with E-state index in [1.165, 1.54) is 43.5 Å². The Balaban J connectivity index is 2.05. The van der Waals surface area contributed by atoms with Gasteiger partial charge in [0.25, 0.3) is 0 Å². The minimum absolute atomic E-state index is 0.966. The highest BCUT2D eigenvalue weighted by molar-refractivity contribution is 6.26. The van der Waals surface area contributed by atoms with Crippen LogP contribution in [0.4, 0.5) is 0 Å². The maximum absolute atomic E-state index is 5.90. The first-order valence-electron chi connectivity index (χ1n) is 8.51. The van der Waals surface area contributed by atoms with E-state index in [4.69, 9.17) is 4.74 Å². The molecule has 4 aromatic carbocycles. The van der Waals surface area contributed by atoms with E-state index in [1.54, 1.807) is 7.11 Å². The third-order valence-corrected chi connectivity index (χ3v) is 5.39. The Morgan fingerprint density at radius 3 is 2.28 bits per heavy atom. The molecular weight excluding hydrogens is 306 g/mol. The number of fused-ring (bicyclic) bond motifs is 7. The molecule has 118 valence electrons. The van der Waals surface area contributed by atoms with Gasteiger partial charge in [-0.05, 0) is 17.5 Å². The summed E-state index contributed by atoms with van der Waals surface area (Å²) in [6, 6.07) is 26.0. The van der Waals surface area contributed by atoms with Crippen LogP contribution in [0.1, 0.15) is 0 Å². The van der Waals surface area contributed by atoms with Crippen molar-refractivity contribution in [3.05, 3.63) is 72.8 Å². The van der Waals surface area contributed by atoms with Crippen LogP contribution in [0.25, 0.3) is 48.9 Å². The van der Waals surface area contributed by atoms with Gasteiger partial charge >= 0.3 is 0 Å². The third kappa shape index (κ3) is 1.46. The van der Waals surface area contributed by atoms with Gasteiger partial charge in [0.15, 0.2) is 0 Å². The summed E-state index contributed by atoms with van der Waals surface area (Å²) < 4.78 is 8.29. The Hall–Kier alpha value is -3.26. The minimum atomic E-state index is 0.966. The van der Waals surface area contributed by atoms with Crippen LogP contribution in [-0.2, 0) is 0 Å². The van der Waals surface area contributed by atoms with Crippen LogP contribution in [0.3, 0.4) is 0 Å². The average Bonchev–Trinajstić information content (AvgIpc) is 3.18. The number of para-hydroxylation sites is 2. The number of hydrogen-bond donors (Lipinski definition) is 0. The van der Waals surface area contributed by atoms with Gasteiger partial charge in [-0.3, -0.25) is 0 Å². The zero-order valence-corrected chi connectivity index (χ0v) is 13.8. The Bertz CT molecular complexity index is 1420. The van der Waals surface area contributed by atoms with Crippen LogP contribution in [-0.4, -0.2) is 11.5 Å². The van der Waals surface area contributed by atoms with Crippen molar-refractivity contribution in [3.8, 4) is 5.75 Å². The van der Waals surface area contributed by atoms with E-state index in [0.29, 0.717) is 0 Å². The van der Waals surface area contributed by atoms with E-state index in [0.717, 1.165) is 11.1 Å². The van der Waals surface area contributed by atoms with Crippen molar-refractivity contribution in [2.75, 3.05) is 7.11 Å². The molecule has 0 aliphatic heterocycles. The molecule has 0 amide bonds. The lowest BCUT2D eigenvalue weighted by molar-refractivity contribution is 0.425. The lowest BCUT2D eigenvalue weighted by Crippen LogP contribution is -1.88. The van der Waals surface area contributed by atoms with Crippen molar-refractivity contribution in [2.45, 2.75) is 0 Å². The van der Waals surface area contributed by atoms with Crippen molar-refractivity contribution >= 4 is 48.9 Å². The van der Waals surface area contributed by atoms with Crippen molar-refractivity contribution in [3.63, 3.8) is 0 Å². The van der Waals surface area contributed by atoms with Crippen LogP contribution in [0.2, 0.25) is 0 Å². The van der Waals surface area contributed by atoms with E-state index in [1.807, 2.05) is 0 Å². The smallest absolute Gasteiger partial charge is 0.136 e. The zero-order chi connectivity index (χ0) is 16.5. The molecular formula is C23H15NO. The molecule has 0 bridgehead atoms. The Kier molecular flexibility index (Phi) is 2.31. The highest BCUT2D eigenvalue weighted by Gasteiger charge is 2.20. The summed E-state index contributed by atoms with van der Waals surface area (Å²) >= 11 is 0. The molecule has 2 nitrogen and oxygen atoms in total. The minimum Gasteiger partial charge on any atom is -0.495 e. The molecule has 6 rings (SSSR count). The summed E-state index contributed by atoms with van der Waals surface area (Å²) in [5, 5.41) is 7.43. The number of methoxy groups -OCH3 is 1. The standard InChI is InChI=1S/C23H15NO/c1-25-23-15-8-3-2-7-14(15)13-20-21(23)18-11-6-10-17-16-9-4-5-12-19(16)24(20)22(17)18/h2-13H,1H3. The molecule has 0 radical (unpaired) electrons. The molecule has 0 N–H and O–H groups in total. The first-order chi connectivity index (χ1) is 12.4. The summed E-state index contributed by atoms with van der Waals surface area (Å²) in [7, 11) is 1.77. The maximum Gasteiger partial charge on any atom is 0.136 e. The van der Waals surface area contributed by atoms with Crippen LogP contribution in [0.15, 0.2) is 72.8 Å². The van der Waals surface area contributed by atoms with Gasteiger partial charge in [0.1, 0.15) is 5.75 Å². The van der Waals surface area contributed by atoms with Gasteiger partial charge in [-0.15, -0.1) is 0 Å². The Labute approximate surface area is 144 Å². The van der Waals surface area contributed by atoms with Gasteiger partial charge in [0.2, 0.25) is 0 Å². The molecule has 0 fully saturated rings. The summed E-state index contributed by atoms with van der Waals surface area (Å²) in [4.78, 5) is 0. The van der Waals surface area contributed by atoms with Crippen molar-refractivity contribution in [2.24, 2.45) is 0 Å². The number of nitrogens with zero attached hydrogens (tertiary/aromatic N) is 1. The van der Waals surface area contributed by atoms with Gasteiger partial charge in [-0.1, -0.05) is 60.7 Å². The molecule has 0 unspecified atom stereocenters. The quantitative estimate of drug-likeness (QED) is 0.362. The van der Waals surface area contributed by atoms with E-state index in [2.05, 4.69) is 77.2 Å². The Morgan fingerprint density at radius 1 is 0.680 bits per heavy atom. The van der Waals surface area contributed by atoms with Gasteiger partial charge in [0, 0.05) is 21.5 Å². The van der Waals surface area contributed by atoms with Gasteiger partial charge < -0.3 is 9.14 Å². The van der Waals surface area contributed by atoms with Crippen LogP contribution >= 0.6 is 0 Å². The molecule has 0 saturated heterocycles. The SMILES string of the molecule is COc1c2ccccc2cc2c1c1cccc3c4ccccc4n2c31. The zero-order valence-electron chi connectivity index (χ0n) is 13.8. The lowest BCUT2D eigenvalue weighted by Gasteiger charge is -2.08. The number of benzene rings is 4. The summed E-state index contributed by atoms with van der Waals surface area (Å²) in [6.07, 6.45) is 0. The first kappa shape index (κ1) is 13.1. The van der Waals surface area contributed by atoms with E-state index in [9.17, 15) is 0 Å². The lowest BCUT2D eigenvalue weighted by atomic mass is 10.0. The molecule has 25 heavy (non-hydrogen) atoms. The third-order valence-electron chi connectivity index (χ3n) is 5.39. The van der Waals surface area contributed by atoms with E-state index < -0.39 is 0 Å². The number of hydrogen-bond acceptors (Lipinski definition) is 1. The predicted molar refractivity (Wildman–Crippen MR) is 105 cm³/mol. The second-order valence-electron chi connectivity index (χ2n) is 6.58. The van der Waals surface area contributed by atoms with Gasteiger partial charge in [-0.2, -0.15) is 0 Å². The maximum atomic E-state index is 5.90. The molecule has 0 aliphatic rings. The second kappa shape index (κ2) is 4.42. The van der Waals surface area contributed by atoms with Crippen LogP contribution in [0.5, 0.6) is 5.75 Å². The fraction of sp³-hybridized carbons (Fsp3) is 0.0435. The number of ether oxygens (including phenoxy) is 1. The monoisotopic (exact) mass is 321 g/mol. The van der Waals surface area contributed by atoms with Gasteiger partial charge in [-0.25, -0.2) is 0 Å². The average molecular weight is 321 g/mol. The Morgan fingerprint density at radius 2 is 1.40 bits per heavy atom. The van der Waals surface area contributed by atoms with E-state index >= 15 is 0 Å². The van der Waals surface area contributed by atoms with Crippen LogP contribution < -0.4 is 4.74 Å².